The summed E-state index contributed by atoms with van der Waals surface area (Å²) < 4.78 is 18.1. The van der Waals surface area contributed by atoms with Crippen molar-refractivity contribution in [3.63, 3.8) is 0 Å². The number of nitrogens with zero attached hydrogens (tertiary/aromatic N) is 1. The first kappa shape index (κ1) is 12.9. The van der Waals surface area contributed by atoms with Gasteiger partial charge in [-0.25, -0.2) is 4.39 Å². The predicted octanol–water partition coefficient (Wildman–Crippen LogP) is 2.26. The molecule has 1 rings (SSSR count). The number of hydrogen-bond acceptors (Lipinski definition) is 4. The number of ether oxygens (including phenoxy) is 1. The molecule has 0 heterocycles. The molecule has 0 aromatic heterocycles. The third-order valence-corrected chi connectivity index (χ3v) is 2.24. The van der Waals surface area contributed by atoms with Gasteiger partial charge in [0.05, 0.1) is 21.6 Å². The van der Waals surface area contributed by atoms with Crippen LogP contribution in [0.1, 0.15) is 6.92 Å². The Morgan fingerprint density at radius 3 is 2.81 bits per heavy atom. The lowest BCUT2D eigenvalue weighted by Gasteiger charge is -2.10. The van der Waals surface area contributed by atoms with Crippen LogP contribution in [0.25, 0.3) is 0 Å². The lowest BCUT2D eigenvalue weighted by atomic mass is 10.3. The van der Waals surface area contributed by atoms with E-state index in [0.29, 0.717) is 0 Å². The van der Waals surface area contributed by atoms with E-state index in [-0.39, 0.29) is 16.8 Å². The van der Waals surface area contributed by atoms with E-state index in [1.165, 1.54) is 6.92 Å². The van der Waals surface area contributed by atoms with Gasteiger partial charge in [0, 0.05) is 0 Å². The molecular formula is C9H9BrFNO4. The maximum Gasteiger partial charge on any atom is 0.315 e. The summed E-state index contributed by atoms with van der Waals surface area (Å²) in [5.74, 6) is -0.824. The largest absolute Gasteiger partial charge is 0.483 e. The number of benzene rings is 1. The molecule has 0 saturated carbocycles. The van der Waals surface area contributed by atoms with E-state index in [1.54, 1.807) is 0 Å². The fourth-order valence-corrected chi connectivity index (χ4v) is 1.57. The Kier molecular flexibility index (Phi) is 4.19. The zero-order chi connectivity index (χ0) is 12.3. The van der Waals surface area contributed by atoms with Crippen molar-refractivity contribution in [2.24, 2.45) is 0 Å². The summed E-state index contributed by atoms with van der Waals surface area (Å²) in [5, 5.41) is 19.7. The number of aliphatic hydroxyl groups is 1. The van der Waals surface area contributed by atoms with Crippen molar-refractivity contribution in [2.45, 2.75) is 13.0 Å². The zero-order valence-corrected chi connectivity index (χ0v) is 9.90. The molecule has 0 aliphatic heterocycles. The SMILES string of the molecule is C[C@H](O)COc1c(Br)cc(F)cc1[N+](=O)[O-]. The van der Waals surface area contributed by atoms with Gasteiger partial charge in [-0.05, 0) is 28.9 Å². The van der Waals surface area contributed by atoms with Crippen LogP contribution in [0.15, 0.2) is 16.6 Å². The van der Waals surface area contributed by atoms with E-state index in [0.717, 1.165) is 12.1 Å². The van der Waals surface area contributed by atoms with E-state index in [1.807, 2.05) is 0 Å². The monoisotopic (exact) mass is 293 g/mol. The fourth-order valence-electron chi connectivity index (χ4n) is 1.03. The normalized spacial score (nSPS) is 12.2. The third-order valence-electron chi connectivity index (χ3n) is 1.65. The van der Waals surface area contributed by atoms with Gasteiger partial charge >= 0.3 is 5.69 Å². The van der Waals surface area contributed by atoms with Crippen molar-refractivity contribution in [3.05, 3.63) is 32.5 Å². The molecule has 0 unspecified atom stereocenters. The molecule has 0 saturated heterocycles. The fraction of sp³-hybridized carbons (Fsp3) is 0.333. The summed E-state index contributed by atoms with van der Waals surface area (Å²) in [6.45, 7) is 1.37. The van der Waals surface area contributed by atoms with Crippen molar-refractivity contribution < 1.29 is 19.2 Å². The summed E-state index contributed by atoms with van der Waals surface area (Å²) in [6.07, 6.45) is -0.767. The van der Waals surface area contributed by atoms with Crippen molar-refractivity contribution in [3.8, 4) is 5.75 Å². The lowest BCUT2D eigenvalue weighted by Crippen LogP contribution is -2.13. The maximum absolute atomic E-state index is 12.9. The summed E-state index contributed by atoms with van der Waals surface area (Å²) >= 11 is 2.97. The average molecular weight is 294 g/mol. The van der Waals surface area contributed by atoms with Crippen LogP contribution in [-0.2, 0) is 0 Å². The van der Waals surface area contributed by atoms with Gasteiger partial charge < -0.3 is 9.84 Å². The van der Waals surface area contributed by atoms with E-state index in [2.05, 4.69) is 15.9 Å². The Morgan fingerprint density at radius 1 is 1.69 bits per heavy atom. The van der Waals surface area contributed by atoms with Gasteiger partial charge in [0.15, 0.2) is 0 Å². The first-order valence-corrected chi connectivity index (χ1v) is 5.15. The third kappa shape index (κ3) is 3.14. The van der Waals surface area contributed by atoms with Crippen LogP contribution < -0.4 is 4.74 Å². The van der Waals surface area contributed by atoms with E-state index < -0.39 is 22.5 Å². The van der Waals surface area contributed by atoms with Crippen molar-refractivity contribution in [1.29, 1.82) is 0 Å². The topological polar surface area (TPSA) is 72.6 Å². The van der Waals surface area contributed by atoms with Gasteiger partial charge in [-0.15, -0.1) is 0 Å². The Morgan fingerprint density at radius 2 is 2.31 bits per heavy atom. The van der Waals surface area contributed by atoms with Crippen LogP contribution in [-0.4, -0.2) is 22.7 Å². The number of nitro groups is 1. The first-order chi connectivity index (χ1) is 7.41. The summed E-state index contributed by atoms with van der Waals surface area (Å²) in [5.41, 5.74) is -0.479. The molecule has 0 spiro atoms. The van der Waals surface area contributed by atoms with Gasteiger partial charge in [-0.1, -0.05) is 0 Å². The highest BCUT2D eigenvalue weighted by molar-refractivity contribution is 9.10. The molecule has 0 fully saturated rings. The molecule has 0 aliphatic rings. The maximum atomic E-state index is 12.9. The molecule has 0 aliphatic carbocycles. The van der Waals surface area contributed by atoms with Crippen LogP contribution in [0.5, 0.6) is 5.75 Å². The van der Waals surface area contributed by atoms with Gasteiger partial charge in [-0.3, -0.25) is 10.1 Å². The number of hydrogen-bond donors (Lipinski definition) is 1. The minimum absolute atomic E-state index is 0.0905. The highest BCUT2D eigenvalue weighted by Crippen LogP contribution is 2.35. The molecule has 1 atom stereocenters. The van der Waals surface area contributed by atoms with Crippen LogP contribution in [0.3, 0.4) is 0 Å². The highest BCUT2D eigenvalue weighted by Gasteiger charge is 2.20. The molecule has 16 heavy (non-hydrogen) atoms. The standard InChI is InChI=1S/C9H9BrFNO4/c1-5(13)4-16-9-7(10)2-6(11)3-8(9)12(14)15/h2-3,5,13H,4H2,1H3/t5-/m0/s1. The van der Waals surface area contributed by atoms with Crippen LogP contribution in [0.2, 0.25) is 0 Å². The molecule has 1 aromatic rings. The van der Waals surface area contributed by atoms with Crippen molar-refractivity contribution >= 4 is 21.6 Å². The minimum Gasteiger partial charge on any atom is -0.483 e. The average Bonchev–Trinajstić information content (AvgIpc) is 2.14. The van der Waals surface area contributed by atoms with Crippen LogP contribution >= 0.6 is 15.9 Å². The van der Waals surface area contributed by atoms with Gasteiger partial charge in [0.2, 0.25) is 5.75 Å². The molecule has 7 heteroatoms. The molecule has 1 N–H and O–H groups in total. The molecule has 0 radical (unpaired) electrons. The van der Waals surface area contributed by atoms with E-state index in [4.69, 9.17) is 9.84 Å². The second kappa shape index (κ2) is 5.22. The van der Waals surface area contributed by atoms with Crippen molar-refractivity contribution in [1.82, 2.24) is 0 Å². The Balaban J connectivity index is 3.09. The van der Waals surface area contributed by atoms with Gasteiger partial charge in [-0.2, -0.15) is 0 Å². The molecule has 88 valence electrons. The first-order valence-electron chi connectivity index (χ1n) is 4.36. The summed E-state index contributed by atoms with van der Waals surface area (Å²) in [4.78, 5) is 9.90. The van der Waals surface area contributed by atoms with E-state index >= 15 is 0 Å². The second-order valence-corrected chi connectivity index (χ2v) is 4.01. The Labute approximate surface area is 99.1 Å². The number of halogens is 2. The van der Waals surface area contributed by atoms with Crippen LogP contribution in [0.4, 0.5) is 10.1 Å². The molecule has 0 amide bonds. The molecule has 0 bridgehead atoms. The molecule has 1 aromatic carbocycles. The molecule has 5 nitrogen and oxygen atoms in total. The van der Waals surface area contributed by atoms with Gasteiger partial charge in [0.1, 0.15) is 12.4 Å². The minimum atomic E-state index is -0.767. The number of aliphatic hydroxyl groups excluding tert-OH is 1. The van der Waals surface area contributed by atoms with Crippen molar-refractivity contribution in [2.75, 3.05) is 6.61 Å². The van der Waals surface area contributed by atoms with Gasteiger partial charge in [0.25, 0.3) is 0 Å². The Hall–Kier alpha value is -1.21. The lowest BCUT2D eigenvalue weighted by molar-refractivity contribution is -0.386. The smallest absolute Gasteiger partial charge is 0.315 e. The zero-order valence-electron chi connectivity index (χ0n) is 8.31. The summed E-state index contributed by atoms with van der Waals surface area (Å²) in [6, 6.07) is 1.83. The number of nitro benzene ring substituents is 1. The highest BCUT2D eigenvalue weighted by atomic mass is 79.9. The number of rotatable bonds is 4. The predicted molar refractivity (Wildman–Crippen MR) is 57.9 cm³/mol. The van der Waals surface area contributed by atoms with Crippen LogP contribution in [0, 0.1) is 15.9 Å². The Bertz CT molecular complexity index is 411. The second-order valence-electron chi connectivity index (χ2n) is 3.15. The summed E-state index contributed by atoms with van der Waals surface area (Å²) in [7, 11) is 0. The molecular weight excluding hydrogens is 285 g/mol. The quantitative estimate of drug-likeness (QED) is 0.683. The van der Waals surface area contributed by atoms with E-state index in [9.17, 15) is 14.5 Å².